The van der Waals surface area contributed by atoms with Crippen LogP contribution in [0.2, 0.25) is 0 Å². The molecule has 1 fully saturated rings. The first kappa shape index (κ1) is 20.3. The van der Waals surface area contributed by atoms with E-state index in [-0.39, 0.29) is 24.1 Å². The molecule has 1 saturated heterocycles. The monoisotopic (exact) mass is 397 g/mol. The SMILES string of the molecule is Cc1ccc(NC(=O)COC(=O)C2CCN(c3ccccc3[N+](=O)[O-])CC2)cc1. The van der Waals surface area contributed by atoms with Gasteiger partial charge in [0.1, 0.15) is 5.69 Å². The molecule has 1 heterocycles. The number of carbonyl (C=O) groups is 2. The number of piperidine rings is 1. The molecule has 2 aromatic rings. The minimum atomic E-state index is -0.411. The van der Waals surface area contributed by atoms with Crippen LogP contribution in [-0.4, -0.2) is 36.5 Å². The summed E-state index contributed by atoms with van der Waals surface area (Å²) in [5.41, 5.74) is 2.35. The molecule has 0 unspecified atom stereocenters. The first-order valence-electron chi connectivity index (χ1n) is 9.45. The number of nitro benzene ring substituents is 1. The Morgan fingerprint density at radius 2 is 1.79 bits per heavy atom. The number of anilines is 2. The topological polar surface area (TPSA) is 102 Å². The quantitative estimate of drug-likeness (QED) is 0.456. The van der Waals surface area contributed by atoms with Crippen molar-refractivity contribution in [3.8, 4) is 0 Å². The smallest absolute Gasteiger partial charge is 0.309 e. The molecule has 8 nitrogen and oxygen atoms in total. The Morgan fingerprint density at radius 3 is 2.45 bits per heavy atom. The molecule has 8 heteroatoms. The molecule has 0 aliphatic carbocycles. The predicted molar refractivity (Wildman–Crippen MR) is 109 cm³/mol. The van der Waals surface area contributed by atoms with Gasteiger partial charge in [0, 0.05) is 24.8 Å². The number of carbonyl (C=O) groups excluding carboxylic acids is 2. The second kappa shape index (κ2) is 9.18. The zero-order valence-corrected chi connectivity index (χ0v) is 16.2. The van der Waals surface area contributed by atoms with Crippen LogP contribution in [-0.2, 0) is 14.3 Å². The van der Waals surface area contributed by atoms with Crippen LogP contribution < -0.4 is 10.2 Å². The molecule has 1 aliphatic heterocycles. The number of rotatable bonds is 6. The van der Waals surface area contributed by atoms with Gasteiger partial charge in [-0.2, -0.15) is 0 Å². The fourth-order valence-corrected chi connectivity index (χ4v) is 3.33. The third-order valence-electron chi connectivity index (χ3n) is 4.93. The van der Waals surface area contributed by atoms with Gasteiger partial charge in [-0.25, -0.2) is 0 Å². The maximum Gasteiger partial charge on any atom is 0.309 e. The van der Waals surface area contributed by atoms with Crippen molar-refractivity contribution in [2.75, 3.05) is 29.9 Å². The number of para-hydroxylation sites is 2. The highest BCUT2D eigenvalue weighted by Crippen LogP contribution is 2.31. The third kappa shape index (κ3) is 5.31. The summed E-state index contributed by atoms with van der Waals surface area (Å²) in [5, 5.41) is 13.9. The van der Waals surface area contributed by atoms with Crippen molar-refractivity contribution in [3.05, 3.63) is 64.2 Å². The molecular formula is C21H23N3O5. The number of nitrogens with one attached hydrogen (secondary N) is 1. The van der Waals surface area contributed by atoms with Crippen LogP contribution >= 0.6 is 0 Å². The molecule has 1 aliphatic rings. The molecule has 29 heavy (non-hydrogen) atoms. The van der Waals surface area contributed by atoms with E-state index in [9.17, 15) is 19.7 Å². The van der Waals surface area contributed by atoms with Crippen molar-refractivity contribution in [2.45, 2.75) is 19.8 Å². The third-order valence-corrected chi connectivity index (χ3v) is 4.93. The number of nitrogens with zero attached hydrogens (tertiary/aromatic N) is 2. The first-order chi connectivity index (χ1) is 13.9. The maximum atomic E-state index is 12.3. The van der Waals surface area contributed by atoms with E-state index in [0.717, 1.165) is 5.56 Å². The molecular weight excluding hydrogens is 374 g/mol. The number of nitro groups is 1. The largest absolute Gasteiger partial charge is 0.455 e. The average Bonchev–Trinajstić information content (AvgIpc) is 2.74. The zero-order valence-electron chi connectivity index (χ0n) is 16.2. The van der Waals surface area contributed by atoms with Crippen LogP contribution in [0.1, 0.15) is 18.4 Å². The lowest BCUT2D eigenvalue weighted by Crippen LogP contribution is -2.37. The summed E-state index contributed by atoms with van der Waals surface area (Å²) in [5.74, 6) is -1.12. The van der Waals surface area contributed by atoms with E-state index in [2.05, 4.69) is 5.32 Å². The molecule has 0 aromatic heterocycles. The summed E-state index contributed by atoms with van der Waals surface area (Å²) < 4.78 is 5.16. The van der Waals surface area contributed by atoms with Crippen LogP contribution in [0, 0.1) is 23.0 Å². The van der Waals surface area contributed by atoms with Gasteiger partial charge in [-0.3, -0.25) is 19.7 Å². The average molecular weight is 397 g/mol. The van der Waals surface area contributed by atoms with E-state index in [1.54, 1.807) is 30.3 Å². The van der Waals surface area contributed by atoms with Gasteiger partial charge in [0.15, 0.2) is 6.61 Å². The van der Waals surface area contributed by atoms with Crippen LogP contribution in [0.15, 0.2) is 48.5 Å². The molecule has 3 rings (SSSR count). The fourth-order valence-electron chi connectivity index (χ4n) is 3.33. The van der Waals surface area contributed by atoms with E-state index in [4.69, 9.17) is 4.74 Å². The summed E-state index contributed by atoms with van der Waals surface area (Å²) in [6, 6.07) is 13.9. The van der Waals surface area contributed by atoms with Gasteiger partial charge in [0.2, 0.25) is 0 Å². The highest BCUT2D eigenvalue weighted by atomic mass is 16.6. The molecule has 2 aromatic carbocycles. The van der Waals surface area contributed by atoms with Crippen molar-refractivity contribution >= 4 is 28.9 Å². The Morgan fingerprint density at radius 1 is 1.14 bits per heavy atom. The van der Waals surface area contributed by atoms with E-state index in [1.807, 2.05) is 24.0 Å². The number of aryl methyl sites for hydroxylation is 1. The van der Waals surface area contributed by atoms with Gasteiger partial charge in [-0.15, -0.1) is 0 Å². The Hall–Kier alpha value is -3.42. The van der Waals surface area contributed by atoms with Gasteiger partial charge in [0.25, 0.3) is 11.6 Å². The number of ether oxygens (including phenoxy) is 1. The molecule has 152 valence electrons. The molecule has 0 atom stereocenters. The van der Waals surface area contributed by atoms with Gasteiger partial charge in [-0.05, 0) is 38.0 Å². The Labute approximate surface area is 168 Å². The summed E-state index contributed by atoms with van der Waals surface area (Å²) in [6.07, 6.45) is 1.04. The summed E-state index contributed by atoms with van der Waals surface area (Å²) in [6.45, 7) is 2.64. The highest BCUT2D eigenvalue weighted by molar-refractivity contribution is 5.92. The van der Waals surface area contributed by atoms with Gasteiger partial charge < -0.3 is 15.0 Å². The summed E-state index contributed by atoms with van der Waals surface area (Å²) in [7, 11) is 0. The van der Waals surface area contributed by atoms with Crippen molar-refractivity contribution in [1.29, 1.82) is 0 Å². The highest BCUT2D eigenvalue weighted by Gasteiger charge is 2.29. The van der Waals surface area contributed by atoms with Crippen LogP contribution in [0.25, 0.3) is 0 Å². The Bertz CT molecular complexity index is 889. The van der Waals surface area contributed by atoms with Crippen molar-refractivity contribution in [2.24, 2.45) is 5.92 Å². The first-order valence-corrected chi connectivity index (χ1v) is 9.45. The lowest BCUT2D eigenvalue weighted by Gasteiger charge is -2.32. The van der Waals surface area contributed by atoms with Gasteiger partial charge >= 0.3 is 5.97 Å². The molecule has 1 N–H and O–H groups in total. The lowest BCUT2D eigenvalue weighted by molar-refractivity contribution is -0.384. The number of esters is 1. The minimum absolute atomic E-state index is 0.0568. The maximum absolute atomic E-state index is 12.3. The Balaban J connectivity index is 1.47. The zero-order chi connectivity index (χ0) is 20.8. The van der Waals surface area contributed by atoms with E-state index in [0.29, 0.717) is 37.3 Å². The van der Waals surface area contributed by atoms with E-state index < -0.39 is 10.9 Å². The molecule has 0 spiro atoms. The van der Waals surface area contributed by atoms with Crippen LogP contribution in [0.5, 0.6) is 0 Å². The number of hydrogen-bond donors (Lipinski definition) is 1. The minimum Gasteiger partial charge on any atom is -0.455 e. The summed E-state index contributed by atoms with van der Waals surface area (Å²) >= 11 is 0. The molecule has 0 saturated carbocycles. The number of hydrogen-bond acceptors (Lipinski definition) is 6. The van der Waals surface area contributed by atoms with E-state index >= 15 is 0 Å². The number of benzene rings is 2. The lowest BCUT2D eigenvalue weighted by atomic mass is 9.96. The number of amides is 1. The standard InChI is InChI=1S/C21H23N3O5/c1-15-6-8-17(9-7-15)22-20(25)14-29-21(26)16-10-12-23(13-11-16)18-4-2-3-5-19(18)24(27)28/h2-9,16H,10-14H2,1H3,(H,22,25). The fraction of sp³-hybridized carbons (Fsp3) is 0.333. The normalized spacial score (nSPS) is 14.3. The van der Waals surface area contributed by atoms with Gasteiger partial charge in [-0.1, -0.05) is 29.8 Å². The predicted octanol–water partition coefficient (Wildman–Crippen LogP) is 3.30. The van der Waals surface area contributed by atoms with Crippen molar-refractivity contribution in [1.82, 2.24) is 0 Å². The van der Waals surface area contributed by atoms with Crippen molar-refractivity contribution < 1.29 is 19.2 Å². The van der Waals surface area contributed by atoms with Crippen molar-refractivity contribution in [3.63, 3.8) is 0 Å². The second-order valence-electron chi connectivity index (χ2n) is 7.03. The molecule has 1 amide bonds. The van der Waals surface area contributed by atoms with Gasteiger partial charge in [0.05, 0.1) is 10.8 Å². The molecule has 0 radical (unpaired) electrons. The Kier molecular flexibility index (Phi) is 6.43. The van der Waals surface area contributed by atoms with Crippen LogP contribution in [0.3, 0.4) is 0 Å². The van der Waals surface area contributed by atoms with Crippen LogP contribution in [0.4, 0.5) is 17.1 Å². The van der Waals surface area contributed by atoms with E-state index in [1.165, 1.54) is 6.07 Å². The second-order valence-corrected chi connectivity index (χ2v) is 7.03. The molecule has 0 bridgehead atoms. The summed E-state index contributed by atoms with van der Waals surface area (Å²) in [4.78, 5) is 37.0.